The first kappa shape index (κ1) is 14.8. The third kappa shape index (κ3) is 2.76. The van der Waals surface area contributed by atoms with Crippen molar-refractivity contribution in [1.29, 1.82) is 0 Å². The Bertz CT molecular complexity index is 870. The van der Waals surface area contributed by atoms with Crippen molar-refractivity contribution in [2.75, 3.05) is 5.32 Å². The molecule has 25 heavy (non-hydrogen) atoms. The predicted octanol–water partition coefficient (Wildman–Crippen LogP) is 1.45. The predicted molar refractivity (Wildman–Crippen MR) is 91.1 cm³/mol. The fourth-order valence-corrected chi connectivity index (χ4v) is 3.84. The second kappa shape index (κ2) is 5.80. The SMILES string of the molecule is O[C@@H]1CC(Cn2cccn2)C[C@H]1Nc1nccn2c(C3CC3)nnc12. The van der Waals surface area contributed by atoms with Gasteiger partial charge in [0.2, 0.25) is 5.65 Å². The summed E-state index contributed by atoms with van der Waals surface area (Å²) in [5.74, 6) is 2.64. The molecule has 1 unspecified atom stereocenters. The Hall–Kier alpha value is -2.48. The molecule has 2 aliphatic carbocycles. The summed E-state index contributed by atoms with van der Waals surface area (Å²) in [5, 5.41) is 26.8. The zero-order chi connectivity index (χ0) is 16.8. The first-order valence-corrected chi connectivity index (χ1v) is 8.89. The number of nitrogens with one attached hydrogen (secondary N) is 1. The largest absolute Gasteiger partial charge is 0.391 e. The van der Waals surface area contributed by atoms with Gasteiger partial charge in [-0.05, 0) is 37.7 Å². The second-order valence-electron chi connectivity index (χ2n) is 7.19. The van der Waals surface area contributed by atoms with E-state index >= 15 is 0 Å². The first-order valence-electron chi connectivity index (χ1n) is 8.89. The highest BCUT2D eigenvalue weighted by Gasteiger charge is 2.34. The summed E-state index contributed by atoms with van der Waals surface area (Å²) in [6.07, 6.45) is 11.1. The molecule has 3 aromatic heterocycles. The monoisotopic (exact) mass is 339 g/mol. The molecule has 0 saturated heterocycles. The van der Waals surface area contributed by atoms with Crippen LogP contribution in [0.1, 0.15) is 37.4 Å². The molecule has 2 fully saturated rings. The third-order valence-corrected chi connectivity index (χ3v) is 5.25. The Morgan fingerprint density at radius 3 is 2.88 bits per heavy atom. The number of hydrogen-bond acceptors (Lipinski definition) is 6. The molecule has 3 heterocycles. The lowest BCUT2D eigenvalue weighted by atomic mass is 10.1. The summed E-state index contributed by atoms with van der Waals surface area (Å²) >= 11 is 0. The Kier molecular flexibility index (Phi) is 3.44. The smallest absolute Gasteiger partial charge is 0.203 e. The Morgan fingerprint density at radius 1 is 1.16 bits per heavy atom. The van der Waals surface area contributed by atoms with E-state index in [1.165, 1.54) is 12.8 Å². The molecule has 130 valence electrons. The molecule has 3 atom stereocenters. The van der Waals surface area contributed by atoms with E-state index in [1.54, 1.807) is 12.4 Å². The lowest BCUT2D eigenvalue weighted by Gasteiger charge is -2.17. The summed E-state index contributed by atoms with van der Waals surface area (Å²) in [6, 6.07) is 1.90. The van der Waals surface area contributed by atoms with E-state index in [4.69, 9.17) is 0 Å². The molecule has 0 aliphatic heterocycles. The van der Waals surface area contributed by atoms with Gasteiger partial charge < -0.3 is 10.4 Å². The summed E-state index contributed by atoms with van der Waals surface area (Å²) in [6.45, 7) is 0.830. The van der Waals surface area contributed by atoms with Gasteiger partial charge in [-0.2, -0.15) is 5.10 Å². The van der Waals surface area contributed by atoms with Gasteiger partial charge in [0.1, 0.15) is 5.82 Å². The van der Waals surface area contributed by atoms with Gasteiger partial charge in [-0.15, -0.1) is 10.2 Å². The van der Waals surface area contributed by atoms with Crippen molar-refractivity contribution in [2.45, 2.75) is 50.3 Å². The van der Waals surface area contributed by atoms with E-state index < -0.39 is 6.10 Å². The van der Waals surface area contributed by atoms with Crippen molar-refractivity contribution in [3.8, 4) is 0 Å². The van der Waals surface area contributed by atoms with Crippen molar-refractivity contribution in [3.05, 3.63) is 36.7 Å². The summed E-state index contributed by atoms with van der Waals surface area (Å²) in [5.41, 5.74) is 0.743. The Morgan fingerprint density at radius 2 is 2.08 bits per heavy atom. The summed E-state index contributed by atoms with van der Waals surface area (Å²) in [7, 11) is 0. The van der Waals surface area contributed by atoms with Crippen LogP contribution < -0.4 is 5.32 Å². The van der Waals surface area contributed by atoms with Crippen LogP contribution in [-0.4, -0.2) is 46.6 Å². The first-order chi connectivity index (χ1) is 12.3. The van der Waals surface area contributed by atoms with Crippen molar-refractivity contribution in [3.63, 3.8) is 0 Å². The highest BCUT2D eigenvalue weighted by Crippen LogP contribution is 2.39. The number of aromatic nitrogens is 6. The molecule has 2 aliphatic rings. The van der Waals surface area contributed by atoms with E-state index in [0.717, 1.165) is 30.9 Å². The van der Waals surface area contributed by atoms with Gasteiger partial charge >= 0.3 is 0 Å². The van der Waals surface area contributed by atoms with Gasteiger partial charge in [-0.3, -0.25) is 9.08 Å². The fourth-order valence-electron chi connectivity index (χ4n) is 3.84. The highest BCUT2D eigenvalue weighted by molar-refractivity contribution is 5.62. The van der Waals surface area contributed by atoms with Crippen LogP contribution in [0.25, 0.3) is 5.65 Å². The molecule has 0 bridgehead atoms. The zero-order valence-electron chi connectivity index (χ0n) is 13.9. The third-order valence-electron chi connectivity index (χ3n) is 5.25. The maximum atomic E-state index is 10.5. The zero-order valence-corrected chi connectivity index (χ0v) is 13.9. The van der Waals surface area contributed by atoms with Crippen molar-refractivity contribution in [2.24, 2.45) is 5.92 Å². The number of aliphatic hydroxyl groups excluding tert-OH is 1. The van der Waals surface area contributed by atoms with Crippen LogP contribution in [0.2, 0.25) is 0 Å². The normalized spacial score (nSPS) is 26.4. The quantitative estimate of drug-likeness (QED) is 0.731. The molecule has 5 rings (SSSR count). The van der Waals surface area contributed by atoms with E-state index in [2.05, 4.69) is 25.6 Å². The summed E-state index contributed by atoms with van der Waals surface area (Å²) < 4.78 is 3.95. The van der Waals surface area contributed by atoms with Gasteiger partial charge in [0.25, 0.3) is 0 Å². The van der Waals surface area contributed by atoms with Gasteiger partial charge in [0.15, 0.2) is 5.82 Å². The number of aliphatic hydroxyl groups is 1. The van der Waals surface area contributed by atoms with E-state index in [1.807, 2.05) is 27.5 Å². The van der Waals surface area contributed by atoms with Crippen molar-refractivity contribution < 1.29 is 5.11 Å². The Balaban J connectivity index is 1.34. The maximum absolute atomic E-state index is 10.5. The molecular formula is C17H21N7O. The minimum absolute atomic E-state index is 0.0275. The topological polar surface area (TPSA) is 93.2 Å². The average molecular weight is 339 g/mol. The van der Waals surface area contributed by atoms with Gasteiger partial charge in [-0.25, -0.2) is 4.98 Å². The molecule has 0 amide bonds. The van der Waals surface area contributed by atoms with Crippen LogP contribution in [0, 0.1) is 5.92 Å². The van der Waals surface area contributed by atoms with Crippen LogP contribution in [0.15, 0.2) is 30.9 Å². The van der Waals surface area contributed by atoms with Crippen LogP contribution in [0.4, 0.5) is 5.82 Å². The minimum atomic E-state index is -0.395. The number of anilines is 1. The number of hydrogen-bond donors (Lipinski definition) is 2. The fraction of sp³-hybridized carbons (Fsp3) is 0.529. The lowest BCUT2D eigenvalue weighted by molar-refractivity contribution is 0.166. The van der Waals surface area contributed by atoms with Crippen LogP contribution >= 0.6 is 0 Å². The van der Waals surface area contributed by atoms with E-state index in [0.29, 0.717) is 17.7 Å². The molecule has 0 radical (unpaired) electrons. The van der Waals surface area contributed by atoms with E-state index in [-0.39, 0.29) is 6.04 Å². The van der Waals surface area contributed by atoms with Crippen molar-refractivity contribution >= 4 is 11.5 Å². The molecule has 2 N–H and O–H groups in total. The van der Waals surface area contributed by atoms with Gasteiger partial charge in [0.05, 0.1) is 12.1 Å². The Labute approximate surface area is 144 Å². The maximum Gasteiger partial charge on any atom is 0.203 e. The average Bonchev–Trinajstić information content (AvgIpc) is 3.01. The molecular weight excluding hydrogens is 318 g/mol. The number of fused-ring (bicyclic) bond motifs is 1. The van der Waals surface area contributed by atoms with Crippen LogP contribution in [-0.2, 0) is 6.54 Å². The van der Waals surface area contributed by atoms with Gasteiger partial charge in [0, 0.05) is 37.3 Å². The molecule has 8 heteroatoms. The van der Waals surface area contributed by atoms with E-state index in [9.17, 15) is 5.11 Å². The molecule has 3 aromatic rings. The molecule has 8 nitrogen and oxygen atoms in total. The second-order valence-corrected chi connectivity index (χ2v) is 7.19. The molecule has 2 saturated carbocycles. The molecule has 0 aromatic carbocycles. The lowest BCUT2D eigenvalue weighted by Crippen LogP contribution is -2.28. The van der Waals surface area contributed by atoms with Crippen LogP contribution in [0.3, 0.4) is 0 Å². The van der Waals surface area contributed by atoms with Crippen molar-refractivity contribution in [1.82, 2.24) is 29.4 Å². The summed E-state index contributed by atoms with van der Waals surface area (Å²) in [4.78, 5) is 4.44. The number of rotatable bonds is 5. The molecule has 0 spiro atoms. The number of nitrogens with zero attached hydrogens (tertiary/aromatic N) is 6. The standard InChI is InChI=1S/C17H21N7O/c25-14-9-11(10-23-6-1-4-19-23)8-13(14)20-15-17-22-21-16(12-2-3-12)24(17)7-5-18-15/h1,4-7,11-14,25H,2-3,8-10H2,(H,18,20)/t11?,13-,14-/m1/s1. The van der Waals surface area contributed by atoms with Crippen LogP contribution in [0.5, 0.6) is 0 Å². The minimum Gasteiger partial charge on any atom is -0.391 e. The van der Waals surface area contributed by atoms with Gasteiger partial charge in [-0.1, -0.05) is 0 Å². The highest BCUT2D eigenvalue weighted by atomic mass is 16.3.